The Morgan fingerprint density at radius 3 is 2.38 bits per heavy atom. The lowest BCUT2D eigenvalue weighted by Gasteiger charge is -2.22. The second kappa shape index (κ2) is 10.5. The van der Waals surface area contributed by atoms with Gasteiger partial charge in [0.15, 0.2) is 0 Å². The van der Waals surface area contributed by atoms with Gasteiger partial charge >= 0.3 is 0 Å². The van der Waals surface area contributed by atoms with Crippen molar-refractivity contribution in [3.63, 3.8) is 0 Å². The lowest BCUT2D eigenvalue weighted by Crippen LogP contribution is -2.29. The molecule has 1 fully saturated rings. The zero-order valence-electron chi connectivity index (χ0n) is 19.3. The summed E-state index contributed by atoms with van der Waals surface area (Å²) in [6.07, 6.45) is 2.92. The molecule has 0 bridgehead atoms. The number of carbonyl (C=O) groups excluding carboxylic acids is 1. The number of amides is 1. The summed E-state index contributed by atoms with van der Waals surface area (Å²) in [6.45, 7) is 2.17. The van der Waals surface area contributed by atoms with E-state index >= 15 is 0 Å². The molecular formula is C30H30N2O2. The van der Waals surface area contributed by atoms with Crippen LogP contribution in [0.15, 0.2) is 97.1 Å². The number of anilines is 1. The third-order valence-electron chi connectivity index (χ3n) is 6.33. The number of carbonyl (C=O) groups is 1. The van der Waals surface area contributed by atoms with E-state index in [-0.39, 0.29) is 5.91 Å². The Morgan fingerprint density at radius 1 is 0.853 bits per heavy atom. The fraction of sp³-hybridized carbons (Fsp3) is 0.233. The fourth-order valence-corrected chi connectivity index (χ4v) is 4.32. The number of benzene rings is 4. The standard InChI is InChI=1S/C30H30N2O2/c33-30(31-26-13-17-28(18-14-26)34-22-23-7-2-1-3-8-23)19-20-32(27-15-16-27)21-25-11-6-10-24-9-4-5-12-29(24)25/h1-14,17-18,27H,15-16,19-22H2,(H,31,33). The van der Waals surface area contributed by atoms with Gasteiger partial charge in [0.05, 0.1) is 0 Å². The first-order valence-corrected chi connectivity index (χ1v) is 12.0. The Labute approximate surface area is 201 Å². The summed E-state index contributed by atoms with van der Waals surface area (Å²) in [7, 11) is 0. The van der Waals surface area contributed by atoms with Gasteiger partial charge in [-0.3, -0.25) is 9.69 Å². The molecule has 4 aromatic carbocycles. The first kappa shape index (κ1) is 22.2. The van der Waals surface area contributed by atoms with E-state index in [2.05, 4.69) is 52.7 Å². The van der Waals surface area contributed by atoms with Gasteiger partial charge in [0.25, 0.3) is 0 Å². The van der Waals surface area contributed by atoms with Crippen LogP contribution in [0.2, 0.25) is 0 Å². The summed E-state index contributed by atoms with van der Waals surface area (Å²) in [5.41, 5.74) is 3.25. The maximum atomic E-state index is 12.7. The van der Waals surface area contributed by atoms with Crippen LogP contribution in [-0.4, -0.2) is 23.4 Å². The highest BCUT2D eigenvalue weighted by molar-refractivity contribution is 5.91. The van der Waals surface area contributed by atoms with Crippen LogP contribution in [-0.2, 0) is 17.9 Å². The van der Waals surface area contributed by atoms with Gasteiger partial charge in [0.2, 0.25) is 5.91 Å². The molecule has 4 heteroatoms. The molecule has 1 aliphatic carbocycles. The molecule has 0 unspecified atom stereocenters. The Kier molecular flexibility index (Phi) is 6.87. The van der Waals surface area contributed by atoms with Gasteiger partial charge < -0.3 is 10.1 Å². The molecule has 0 saturated heterocycles. The summed E-state index contributed by atoms with van der Waals surface area (Å²) in [5.74, 6) is 0.832. The van der Waals surface area contributed by atoms with E-state index in [9.17, 15) is 4.79 Å². The summed E-state index contributed by atoms with van der Waals surface area (Å²) in [6, 6.07) is 33.3. The molecule has 172 valence electrons. The van der Waals surface area contributed by atoms with E-state index in [4.69, 9.17) is 4.74 Å². The average molecular weight is 451 g/mol. The van der Waals surface area contributed by atoms with Crippen molar-refractivity contribution in [1.29, 1.82) is 0 Å². The van der Waals surface area contributed by atoms with Crippen molar-refractivity contribution in [2.45, 2.75) is 38.5 Å². The number of hydrogen-bond donors (Lipinski definition) is 1. The molecule has 0 aliphatic heterocycles. The third kappa shape index (κ3) is 5.83. The smallest absolute Gasteiger partial charge is 0.225 e. The van der Waals surface area contributed by atoms with Crippen LogP contribution < -0.4 is 10.1 Å². The highest BCUT2D eigenvalue weighted by Gasteiger charge is 2.29. The van der Waals surface area contributed by atoms with Gasteiger partial charge in [-0.05, 0) is 59.0 Å². The van der Waals surface area contributed by atoms with Crippen molar-refractivity contribution in [3.05, 3.63) is 108 Å². The minimum Gasteiger partial charge on any atom is -0.489 e. The normalized spacial score (nSPS) is 13.2. The number of fused-ring (bicyclic) bond motifs is 1. The number of hydrogen-bond acceptors (Lipinski definition) is 3. The van der Waals surface area contributed by atoms with Crippen molar-refractivity contribution in [2.24, 2.45) is 0 Å². The van der Waals surface area contributed by atoms with Crippen LogP contribution in [0, 0.1) is 0 Å². The molecule has 4 aromatic rings. The topological polar surface area (TPSA) is 41.6 Å². The van der Waals surface area contributed by atoms with E-state index in [1.165, 1.54) is 29.2 Å². The van der Waals surface area contributed by atoms with Gasteiger partial charge in [-0.25, -0.2) is 0 Å². The quantitative estimate of drug-likeness (QED) is 0.303. The Balaban J connectivity index is 1.13. The number of nitrogens with one attached hydrogen (secondary N) is 1. The number of ether oxygens (including phenoxy) is 1. The van der Waals surface area contributed by atoms with Crippen LogP contribution in [0.3, 0.4) is 0 Å². The van der Waals surface area contributed by atoms with E-state index in [1.54, 1.807) is 0 Å². The molecule has 0 spiro atoms. The fourth-order valence-electron chi connectivity index (χ4n) is 4.32. The van der Waals surface area contributed by atoms with Gasteiger partial charge in [-0.15, -0.1) is 0 Å². The molecule has 0 heterocycles. The zero-order chi connectivity index (χ0) is 23.2. The predicted molar refractivity (Wildman–Crippen MR) is 138 cm³/mol. The maximum absolute atomic E-state index is 12.7. The van der Waals surface area contributed by atoms with Crippen LogP contribution in [0.4, 0.5) is 5.69 Å². The van der Waals surface area contributed by atoms with Crippen molar-refractivity contribution < 1.29 is 9.53 Å². The molecule has 0 atom stereocenters. The van der Waals surface area contributed by atoms with Crippen molar-refractivity contribution in [3.8, 4) is 5.75 Å². The molecule has 1 amide bonds. The first-order chi connectivity index (χ1) is 16.7. The number of rotatable bonds is 10. The Bertz CT molecular complexity index is 1230. The van der Waals surface area contributed by atoms with Crippen molar-refractivity contribution in [2.75, 3.05) is 11.9 Å². The molecular weight excluding hydrogens is 420 g/mol. The number of nitrogens with zero attached hydrogens (tertiary/aromatic N) is 1. The second-order valence-electron chi connectivity index (χ2n) is 8.94. The second-order valence-corrected chi connectivity index (χ2v) is 8.94. The predicted octanol–water partition coefficient (Wildman–Crippen LogP) is 6.41. The summed E-state index contributed by atoms with van der Waals surface area (Å²) >= 11 is 0. The van der Waals surface area contributed by atoms with Gasteiger partial charge in [-0.1, -0.05) is 72.8 Å². The Hall–Kier alpha value is -3.63. The molecule has 1 saturated carbocycles. The molecule has 4 nitrogen and oxygen atoms in total. The Morgan fingerprint density at radius 2 is 1.59 bits per heavy atom. The molecule has 0 aromatic heterocycles. The lowest BCUT2D eigenvalue weighted by molar-refractivity contribution is -0.116. The van der Waals surface area contributed by atoms with Crippen LogP contribution >= 0.6 is 0 Å². The summed E-state index contributed by atoms with van der Waals surface area (Å²) < 4.78 is 5.83. The minimum atomic E-state index is 0.0431. The lowest BCUT2D eigenvalue weighted by atomic mass is 10.0. The molecule has 1 aliphatic rings. The van der Waals surface area contributed by atoms with E-state index in [0.717, 1.165) is 30.1 Å². The largest absolute Gasteiger partial charge is 0.489 e. The van der Waals surface area contributed by atoms with Crippen LogP contribution in [0.25, 0.3) is 10.8 Å². The minimum absolute atomic E-state index is 0.0431. The molecule has 0 radical (unpaired) electrons. The highest BCUT2D eigenvalue weighted by atomic mass is 16.5. The monoisotopic (exact) mass is 450 g/mol. The first-order valence-electron chi connectivity index (χ1n) is 12.0. The molecule has 5 rings (SSSR count). The summed E-state index contributed by atoms with van der Waals surface area (Å²) in [5, 5.41) is 5.60. The van der Waals surface area contributed by atoms with E-state index < -0.39 is 0 Å². The molecule has 34 heavy (non-hydrogen) atoms. The zero-order valence-corrected chi connectivity index (χ0v) is 19.3. The van der Waals surface area contributed by atoms with Gasteiger partial charge in [0.1, 0.15) is 12.4 Å². The summed E-state index contributed by atoms with van der Waals surface area (Å²) in [4.78, 5) is 15.1. The van der Waals surface area contributed by atoms with Crippen molar-refractivity contribution in [1.82, 2.24) is 4.90 Å². The van der Waals surface area contributed by atoms with Crippen molar-refractivity contribution >= 4 is 22.4 Å². The maximum Gasteiger partial charge on any atom is 0.225 e. The van der Waals surface area contributed by atoms with Crippen LogP contribution in [0.5, 0.6) is 5.75 Å². The third-order valence-corrected chi connectivity index (χ3v) is 6.33. The van der Waals surface area contributed by atoms with E-state index in [0.29, 0.717) is 19.1 Å². The highest BCUT2D eigenvalue weighted by Crippen LogP contribution is 2.30. The van der Waals surface area contributed by atoms with Gasteiger partial charge in [-0.2, -0.15) is 0 Å². The SMILES string of the molecule is O=C(CCN(Cc1cccc2ccccc12)C1CC1)Nc1ccc(OCc2ccccc2)cc1. The van der Waals surface area contributed by atoms with Crippen LogP contribution in [0.1, 0.15) is 30.4 Å². The van der Waals surface area contributed by atoms with E-state index in [1.807, 2.05) is 54.6 Å². The average Bonchev–Trinajstić information content (AvgIpc) is 3.72. The van der Waals surface area contributed by atoms with Gasteiger partial charge in [0, 0.05) is 31.2 Å². The molecule has 1 N–H and O–H groups in total.